The molecule has 1 aromatic carbocycles. The van der Waals surface area contributed by atoms with E-state index < -0.39 is 0 Å². The van der Waals surface area contributed by atoms with E-state index >= 15 is 0 Å². The number of benzene rings is 1. The molecule has 0 heterocycles. The van der Waals surface area contributed by atoms with Gasteiger partial charge in [-0.25, -0.2) is 4.79 Å². The molecule has 4 heteroatoms. The molecule has 0 radical (unpaired) electrons. The van der Waals surface area contributed by atoms with Crippen molar-refractivity contribution >= 4 is 11.7 Å². The molecule has 2 amide bonds. The van der Waals surface area contributed by atoms with Crippen LogP contribution in [0.1, 0.15) is 25.0 Å². The molecule has 0 aliphatic carbocycles. The number of anilines is 1. The van der Waals surface area contributed by atoms with Crippen molar-refractivity contribution in [2.24, 2.45) is 0 Å². The first kappa shape index (κ1) is 14.1. The SMILES string of the molecule is Cc1ccc(NC(=O)NC(C)C)c(C#CCO)c1. The van der Waals surface area contributed by atoms with E-state index in [0.717, 1.165) is 5.56 Å². The zero-order valence-corrected chi connectivity index (χ0v) is 10.9. The third kappa shape index (κ3) is 4.48. The Morgan fingerprint density at radius 1 is 1.44 bits per heavy atom. The number of aliphatic hydroxyl groups excluding tert-OH is 1. The van der Waals surface area contributed by atoms with Crippen LogP contribution in [0.3, 0.4) is 0 Å². The molecule has 3 N–H and O–H groups in total. The van der Waals surface area contributed by atoms with Gasteiger partial charge < -0.3 is 15.7 Å². The van der Waals surface area contributed by atoms with Crippen LogP contribution in [0.25, 0.3) is 0 Å². The Morgan fingerprint density at radius 2 is 2.17 bits per heavy atom. The lowest BCUT2D eigenvalue weighted by Crippen LogP contribution is -2.34. The van der Waals surface area contributed by atoms with Crippen molar-refractivity contribution in [3.8, 4) is 11.8 Å². The fourth-order valence-electron chi connectivity index (χ4n) is 1.43. The van der Waals surface area contributed by atoms with Gasteiger partial charge in [-0.05, 0) is 38.5 Å². The molecular weight excluding hydrogens is 228 g/mol. The van der Waals surface area contributed by atoms with Crippen molar-refractivity contribution in [2.45, 2.75) is 26.8 Å². The minimum atomic E-state index is -0.263. The molecule has 1 aromatic rings. The van der Waals surface area contributed by atoms with Crippen LogP contribution in [-0.4, -0.2) is 23.8 Å². The standard InChI is InChI=1S/C14H18N2O2/c1-10(2)15-14(18)16-13-7-6-11(3)9-12(13)5-4-8-17/h6-7,9-10,17H,8H2,1-3H3,(H2,15,16,18). The Morgan fingerprint density at radius 3 is 2.78 bits per heavy atom. The number of hydrogen-bond acceptors (Lipinski definition) is 2. The number of carbonyl (C=O) groups excluding carboxylic acids is 1. The molecule has 0 unspecified atom stereocenters. The predicted molar refractivity (Wildman–Crippen MR) is 72.4 cm³/mol. The second-order valence-corrected chi connectivity index (χ2v) is 4.26. The smallest absolute Gasteiger partial charge is 0.319 e. The summed E-state index contributed by atoms with van der Waals surface area (Å²) in [7, 11) is 0. The lowest BCUT2D eigenvalue weighted by atomic mass is 10.1. The number of hydrogen-bond donors (Lipinski definition) is 3. The number of aliphatic hydroxyl groups is 1. The van der Waals surface area contributed by atoms with E-state index in [1.807, 2.05) is 32.9 Å². The molecule has 0 aliphatic heterocycles. The molecule has 0 aromatic heterocycles. The molecular formula is C14H18N2O2. The van der Waals surface area contributed by atoms with Gasteiger partial charge in [0.25, 0.3) is 0 Å². The van der Waals surface area contributed by atoms with Crippen molar-refractivity contribution < 1.29 is 9.90 Å². The van der Waals surface area contributed by atoms with Crippen LogP contribution in [0, 0.1) is 18.8 Å². The number of carbonyl (C=O) groups is 1. The Kier molecular flexibility index (Phi) is 5.22. The van der Waals surface area contributed by atoms with Gasteiger partial charge in [0.15, 0.2) is 0 Å². The van der Waals surface area contributed by atoms with Crippen LogP contribution in [0.4, 0.5) is 10.5 Å². The first-order chi connectivity index (χ1) is 8.52. The topological polar surface area (TPSA) is 61.4 Å². The molecule has 0 aliphatic rings. The van der Waals surface area contributed by atoms with Crippen molar-refractivity contribution in [2.75, 3.05) is 11.9 Å². The Hall–Kier alpha value is -1.99. The summed E-state index contributed by atoms with van der Waals surface area (Å²) in [6.07, 6.45) is 0. The average Bonchev–Trinajstić information content (AvgIpc) is 2.28. The largest absolute Gasteiger partial charge is 0.384 e. The van der Waals surface area contributed by atoms with E-state index in [1.54, 1.807) is 6.07 Å². The number of nitrogens with one attached hydrogen (secondary N) is 2. The summed E-state index contributed by atoms with van der Waals surface area (Å²) in [5.41, 5.74) is 2.38. The Balaban J connectivity index is 2.90. The van der Waals surface area contributed by atoms with E-state index in [2.05, 4.69) is 22.5 Å². The summed E-state index contributed by atoms with van der Waals surface area (Å²) < 4.78 is 0. The molecule has 4 nitrogen and oxygen atoms in total. The summed E-state index contributed by atoms with van der Waals surface area (Å²) in [6, 6.07) is 5.38. The van der Waals surface area contributed by atoms with Crippen molar-refractivity contribution in [1.82, 2.24) is 5.32 Å². The highest BCUT2D eigenvalue weighted by atomic mass is 16.2. The summed E-state index contributed by atoms with van der Waals surface area (Å²) in [5.74, 6) is 5.40. The summed E-state index contributed by atoms with van der Waals surface area (Å²) in [5, 5.41) is 14.2. The monoisotopic (exact) mass is 246 g/mol. The van der Waals surface area contributed by atoms with Crippen LogP contribution in [0.15, 0.2) is 18.2 Å². The number of rotatable bonds is 2. The molecule has 0 spiro atoms. The van der Waals surface area contributed by atoms with Gasteiger partial charge >= 0.3 is 6.03 Å². The maximum atomic E-state index is 11.6. The molecule has 1 rings (SSSR count). The number of urea groups is 1. The minimum absolute atomic E-state index is 0.0717. The van der Waals surface area contributed by atoms with Crippen LogP contribution < -0.4 is 10.6 Å². The normalized spacial score (nSPS) is 9.61. The molecule has 0 fully saturated rings. The van der Waals surface area contributed by atoms with E-state index in [9.17, 15) is 4.79 Å². The van der Waals surface area contributed by atoms with Crippen LogP contribution >= 0.6 is 0 Å². The van der Waals surface area contributed by atoms with E-state index in [-0.39, 0.29) is 18.7 Å². The Bertz CT molecular complexity index is 484. The highest BCUT2D eigenvalue weighted by Crippen LogP contribution is 2.16. The van der Waals surface area contributed by atoms with Crippen molar-refractivity contribution in [3.05, 3.63) is 29.3 Å². The van der Waals surface area contributed by atoms with Crippen LogP contribution in [0.2, 0.25) is 0 Å². The zero-order chi connectivity index (χ0) is 13.5. The van der Waals surface area contributed by atoms with Gasteiger partial charge in [0.2, 0.25) is 0 Å². The lowest BCUT2D eigenvalue weighted by Gasteiger charge is -2.11. The van der Waals surface area contributed by atoms with Gasteiger partial charge in [-0.2, -0.15) is 0 Å². The zero-order valence-electron chi connectivity index (χ0n) is 10.9. The second-order valence-electron chi connectivity index (χ2n) is 4.26. The lowest BCUT2D eigenvalue weighted by molar-refractivity contribution is 0.250. The highest BCUT2D eigenvalue weighted by Gasteiger charge is 2.06. The molecule has 0 saturated carbocycles. The van der Waals surface area contributed by atoms with E-state index in [1.165, 1.54) is 0 Å². The van der Waals surface area contributed by atoms with E-state index in [0.29, 0.717) is 11.3 Å². The number of amides is 2. The van der Waals surface area contributed by atoms with Gasteiger partial charge in [-0.1, -0.05) is 17.9 Å². The maximum Gasteiger partial charge on any atom is 0.319 e. The van der Waals surface area contributed by atoms with Gasteiger partial charge in [0.1, 0.15) is 6.61 Å². The second kappa shape index (κ2) is 6.67. The van der Waals surface area contributed by atoms with Crippen LogP contribution in [-0.2, 0) is 0 Å². The van der Waals surface area contributed by atoms with Crippen molar-refractivity contribution in [1.29, 1.82) is 0 Å². The summed E-state index contributed by atoms with van der Waals surface area (Å²) in [6.45, 7) is 5.52. The predicted octanol–water partition coefficient (Wildman–Crippen LogP) is 1.87. The molecule has 0 saturated heterocycles. The quantitative estimate of drug-likeness (QED) is 0.698. The third-order valence-electron chi connectivity index (χ3n) is 2.15. The molecule has 0 bridgehead atoms. The van der Waals surface area contributed by atoms with Crippen LogP contribution in [0.5, 0.6) is 0 Å². The van der Waals surface area contributed by atoms with Gasteiger partial charge in [-0.3, -0.25) is 0 Å². The van der Waals surface area contributed by atoms with Gasteiger partial charge in [0.05, 0.1) is 5.69 Å². The fraction of sp³-hybridized carbons (Fsp3) is 0.357. The van der Waals surface area contributed by atoms with Gasteiger partial charge in [-0.15, -0.1) is 0 Å². The van der Waals surface area contributed by atoms with Crippen molar-refractivity contribution in [3.63, 3.8) is 0 Å². The fourth-order valence-corrected chi connectivity index (χ4v) is 1.43. The molecule has 96 valence electrons. The number of aryl methyl sites for hydroxylation is 1. The maximum absolute atomic E-state index is 11.6. The van der Waals surface area contributed by atoms with E-state index in [4.69, 9.17) is 5.11 Å². The minimum Gasteiger partial charge on any atom is -0.384 e. The molecule has 0 atom stereocenters. The molecule has 18 heavy (non-hydrogen) atoms. The Labute approximate surface area is 107 Å². The average molecular weight is 246 g/mol. The van der Waals surface area contributed by atoms with Gasteiger partial charge in [0, 0.05) is 11.6 Å². The summed E-state index contributed by atoms with van der Waals surface area (Å²) in [4.78, 5) is 11.6. The third-order valence-corrected chi connectivity index (χ3v) is 2.15. The highest BCUT2D eigenvalue weighted by molar-refractivity contribution is 5.91. The first-order valence-corrected chi connectivity index (χ1v) is 5.81. The summed E-state index contributed by atoms with van der Waals surface area (Å²) >= 11 is 0. The first-order valence-electron chi connectivity index (χ1n) is 5.81.